The third kappa shape index (κ3) is 3.22. The quantitative estimate of drug-likeness (QED) is 0.494. The Hall–Kier alpha value is -0.780. The molecule has 0 fully saturated rings. The van der Waals surface area contributed by atoms with Crippen molar-refractivity contribution in [1.29, 1.82) is 0 Å². The molecule has 0 aliphatic carbocycles. The van der Waals surface area contributed by atoms with Gasteiger partial charge in [0.15, 0.2) is 5.96 Å². The molecule has 0 radical (unpaired) electrons. The van der Waals surface area contributed by atoms with Crippen LogP contribution in [0.25, 0.3) is 0 Å². The predicted molar refractivity (Wildman–Crippen MR) is 63.4 cm³/mol. The molecule has 4 N–H and O–H groups in total. The molecular weight excluding hydrogens is 277 g/mol. The minimum atomic E-state index is 0.0296. The summed E-state index contributed by atoms with van der Waals surface area (Å²) in [6.07, 6.45) is 0. The molecule has 1 atom stereocenters. The van der Waals surface area contributed by atoms with Crippen molar-refractivity contribution >= 4 is 28.6 Å². The number of rotatable bonds is 2. The van der Waals surface area contributed by atoms with E-state index < -0.39 is 0 Å². The summed E-state index contributed by atoms with van der Waals surface area (Å²) >= 11 is 2.26. The zero-order valence-corrected chi connectivity index (χ0v) is 9.52. The van der Waals surface area contributed by atoms with E-state index in [-0.39, 0.29) is 12.0 Å². The van der Waals surface area contributed by atoms with Crippen LogP contribution in [0.2, 0.25) is 0 Å². The molecule has 13 heavy (non-hydrogen) atoms. The summed E-state index contributed by atoms with van der Waals surface area (Å²) < 4.78 is 1.21. The SMILES string of the molecule is CC(N=C(N)N)c1ccc(I)cc1. The van der Waals surface area contributed by atoms with Crippen molar-refractivity contribution in [3.63, 3.8) is 0 Å². The number of nitrogens with two attached hydrogens (primary N) is 2. The van der Waals surface area contributed by atoms with Gasteiger partial charge in [-0.15, -0.1) is 0 Å². The summed E-state index contributed by atoms with van der Waals surface area (Å²) in [4.78, 5) is 4.05. The van der Waals surface area contributed by atoms with Crippen LogP contribution in [0.3, 0.4) is 0 Å². The van der Waals surface area contributed by atoms with E-state index in [4.69, 9.17) is 11.5 Å². The maximum absolute atomic E-state index is 5.29. The average molecular weight is 289 g/mol. The molecule has 0 aliphatic rings. The van der Waals surface area contributed by atoms with Gasteiger partial charge in [-0.1, -0.05) is 12.1 Å². The minimum Gasteiger partial charge on any atom is -0.370 e. The molecule has 4 heteroatoms. The van der Waals surface area contributed by atoms with Crippen LogP contribution >= 0.6 is 22.6 Å². The van der Waals surface area contributed by atoms with Crippen LogP contribution < -0.4 is 11.5 Å². The second kappa shape index (κ2) is 4.45. The van der Waals surface area contributed by atoms with Gasteiger partial charge in [0.25, 0.3) is 0 Å². The van der Waals surface area contributed by atoms with Crippen LogP contribution in [0.15, 0.2) is 29.3 Å². The Bertz CT molecular complexity index is 301. The van der Waals surface area contributed by atoms with Gasteiger partial charge in [-0.25, -0.2) is 4.99 Å². The van der Waals surface area contributed by atoms with Crippen molar-refractivity contribution in [3.8, 4) is 0 Å². The highest BCUT2D eigenvalue weighted by Crippen LogP contribution is 2.17. The zero-order valence-electron chi connectivity index (χ0n) is 7.37. The molecule has 0 saturated carbocycles. The van der Waals surface area contributed by atoms with E-state index in [2.05, 4.69) is 27.6 Å². The van der Waals surface area contributed by atoms with Gasteiger partial charge in [0.2, 0.25) is 0 Å². The standard InChI is InChI=1S/C9H12IN3/c1-6(13-9(11)12)7-2-4-8(10)5-3-7/h2-6H,1H3,(H4,11,12,13). The van der Waals surface area contributed by atoms with Crippen LogP contribution in [0, 0.1) is 3.57 Å². The Kier molecular flexibility index (Phi) is 3.53. The third-order valence-electron chi connectivity index (χ3n) is 1.70. The second-order valence-corrected chi connectivity index (χ2v) is 4.03. The lowest BCUT2D eigenvalue weighted by atomic mass is 10.1. The fourth-order valence-corrected chi connectivity index (χ4v) is 1.40. The molecule has 1 aromatic rings. The highest BCUT2D eigenvalue weighted by molar-refractivity contribution is 14.1. The van der Waals surface area contributed by atoms with Crippen LogP contribution in [0.1, 0.15) is 18.5 Å². The largest absolute Gasteiger partial charge is 0.370 e. The molecule has 70 valence electrons. The van der Waals surface area contributed by atoms with Gasteiger partial charge in [-0.2, -0.15) is 0 Å². The number of guanidine groups is 1. The van der Waals surface area contributed by atoms with E-state index in [0.29, 0.717) is 0 Å². The van der Waals surface area contributed by atoms with Crippen molar-refractivity contribution in [3.05, 3.63) is 33.4 Å². The number of hydrogen-bond donors (Lipinski definition) is 2. The van der Waals surface area contributed by atoms with Gasteiger partial charge in [-0.05, 0) is 47.2 Å². The number of hydrogen-bond acceptors (Lipinski definition) is 1. The molecular formula is C9H12IN3. The number of aliphatic imine (C=N–C) groups is 1. The maximum atomic E-state index is 5.29. The molecule has 3 nitrogen and oxygen atoms in total. The van der Waals surface area contributed by atoms with E-state index in [0.717, 1.165) is 5.56 Å². The molecule has 0 heterocycles. The van der Waals surface area contributed by atoms with Gasteiger partial charge >= 0.3 is 0 Å². The van der Waals surface area contributed by atoms with Gasteiger partial charge in [0.1, 0.15) is 0 Å². The lowest BCUT2D eigenvalue weighted by molar-refractivity contribution is 0.815. The monoisotopic (exact) mass is 289 g/mol. The van der Waals surface area contributed by atoms with Crippen molar-refractivity contribution in [2.45, 2.75) is 13.0 Å². The average Bonchev–Trinajstić information content (AvgIpc) is 2.04. The van der Waals surface area contributed by atoms with Crippen LogP contribution in [-0.2, 0) is 0 Å². The smallest absolute Gasteiger partial charge is 0.186 e. The van der Waals surface area contributed by atoms with Crippen molar-refractivity contribution in [2.24, 2.45) is 16.5 Å². The Morgan fingerprint density at radius 2 is 1.85 bits per heavy atom. The molecule has 0 saturated heterocycles. The van der Waals surface area contributed by atoms with Crippen molar-refractivity contribution < 1.29 is 0 Å². The lowest BCUT2D eigenvalue weighted by Crippen LogP contribution is -2.23. The summed E-state index contributed by atoms with van der Waals surface area (Å²) in [5, 5.41) is 0. The number of nitrogens with zero attached hydrogens (tertiary/aromatic N) is 1. The van der Waals surface area contributed by atoms with E-state index in [1.165, 1.54) is 3.57 Å². The summed E-state index contributed by atoms with van der Waals surface area (Å²) in [5.41, 5.74) is 11.7. The molecule has 1 unspecified atom stereocenters. The Morgan fingerprint density at radius 3 is 2.31 bits per heavy atom. The zero-order chi connectivity index (χ0) is 9.84. The van der Waals surface area contributed by atoms with Gasteiger partial charge in [0, 0.05) is 3.57 Å². The molecule has 1 rings (SSSR count). The Morgan fingerprint density at radius 1 is 1.31 bits per heavy atom. The molecule has 0 aliphatic heterocycles. The minimum absolute atomic E-state index is 0.0296. The fourth-order valence-electron chi connectivity index (χ4n) is 1.04. The summed E-state index contributed by atoms with van der Waals surface area (Å²) in [6.45, 7) is 1.96. The van der Waals surface area contributed by atoms with Gasteiger partial charge in [0.05, 0.1) is 6.04 Å². The molecule has 0 amide bonds. The second-order valence-electron chi connectivity index (χ2n) is 2.78. The first-order valence-corrected chi connectivity index (χ1v) is 5.01. The first-order valence-electron chi connectivity index (χ1n) is 3.94. The van der Waals surface area contributed by atoms with E-state index in [9.17, 15) is 0 Å². The first-order chi connectivity index (χ1) is 6.09. The van der Waals surface area contributed by atoms with Crippen molar-refractivity contribution in [2.75, 3.05) is 0 Å². The van der Waals surface area contributed by atoms with Crippen LogP contribution in [0.4, 0.5) is 0 Å². The molecule has 0 bridgehead atoms. The van der Waals surface area contributed by atoms with E-state index in [1.54, 1.807) is 0 Å². The molecule has 0 aromatic heterocycles. The number of benzene rings is 1. The summed E-state index contributed by atoms with van der Waals surface area (Å²) in [5.74, 6) is 0.131. The Labute approximate surface area is 91.4 Å². The highest BCUT2D eigenvalue weighted by Gasteiger charge is 2.02. The maximum Gasteiger partial charge on any atom is 0.186 e. The molecule has 0 spiro atoms. The van der Waals surface area contributed by atoms with E-state index in [1.807, 2.05) is 31.2 Å². The molecule has 1 aromatic carbocycles. The van der Waals surface area contributed by atoms with Gasteiger partial charge in [-0.3, -0.25) is 0 Å². The van der Waals surface area contributed by atoms with E-state index >= 15 is 0 Å². The predicted octanol–water partition coefficient (Wildman–Crippen LogP) is 1.63. The summed E-state index contributed by atoms with van der Waals surface area (Å²) in [6, 6.07) is 8.16. The van der Waals surface area contributed by atoms with Crippen LogP contribution in [0.5, 0.6) is 0 Å². The first kappa shape index (κ1) is 10.3. The normalized spacial score (nSPS) is 12.2. The lowest BCUT2D eigenvalue weighted by Gasteiger charge is -2.06. The fraction of sp³-hybridized carbons (Fsp3) is 0.222. The third-order valence-corrected chi connectivity index (χ3v) is 2.41. The highest BCUT2D eigenvalue weighted by atomic mass is 127. The van der Waals surface area contributed by atoms with Gasteiger partial charge < -0.3 is 11.5 Å². The summed E-state index contributed by atoms with van der Waals surface area (Å²) in [7, 11) is 0. The number of halogens is 1. The Balaban J connectivity index is 2.83. The van der Waals surface area contributed by atoms with Crippen molar-refractivity contribution in [1.82, 2.24) is 0 Å². The van der Waals surface area contributed by atoms with Crippen LogP contribution in [-0.4, -0.2) is 5.96 Å². The topological polar surface area (TPSA) is 64.4 Å².